The molecule has 0 spiro atoms. The van der Waals surface area contributed by atoms with Crippen LogP contribution in [0.15, 0.2) is 72.8 Å². The predicted molar refractivity (Wildman–Crippen MR) is 140 cm³/mol. The SMILES string of the molecule is CC(N)C(NC(=O)c1ccc(C#Cc2ccc(NC(=O)CNCc3cccc(F)c3)cc2)cc1)C(=O)NO. The molecule has 0 saturated carbocycles. The van der Waals surface area contributed by atoms with Gasteiger partial charge in [0.05, 0.1) is 6.54 Å². The van der Waals surface area contributed by atoms with Crippen LogP contribution in [0, 0.1) is 17.7 Å². The van der Waals surface area contributed by atoms with Crippen LogP contribution in [0.2, 0.25) is 0 Å². The van der Waals surface area contributed by atoms with Crippen LogP contribution in [-0.4, -0.2) is 41.6 Å². The van der Waals surface area contributed by atoms with Crippen LogP contribution in [0.3, 0.4) is 0 Å². The van der Waals surface area contributed by atoms with Crippen LogP contribution in [0.1, 0.15) is 34.0 Å². The lowest BCUT2D eigenvalue weighted by atomic mass is 10.1. The summed E-state index contributed by atoms with van der Waals surface area (Å²) in [4.78, 5) is 36.2. The van der Waals surface area contributed by atoms with Gasteiger partial charge in [0, 0.05) is 35.0 Å². The van der Waals surface area contributed by atoms with Gasteiger partial charge in [0.15, 0.2) is 0 Å². The summed E-state index contributed by atoms with van der Waals surface area (Å²) < 4.78 is 13.2. The van der Waals surface area contributed by atoms with Crippen LogP contribution in [0.5, 0.6) is 0 Å². The smallest absolute Gasteiger partial charge is 0.267 e. The number of halogens is 1. The minimum Gasteiger partial charge on any atom is -0.339 e. The van der Waals surface area contributed by atoms with E-state index < -0.39 is 23.9 Å². The monoisotopic (exact) mass is 517 g/mol. The molecular formula is C28H28FN5O4. The largest absolute Gasteiger partial charge is 0.339 e. The van der Waals surface area contributed by atoms with E-state index in [2.05, 4.69) is 27.8 Å². The molecule has 3 amide bonds. The molecule has 0 radical (unpaired) electrons. The molecule has 7 N–H and O–H groups in total. The molecule has 3 rings (SSSR count). The first-order chi connectivity index (χ1) is 18.2. The first-order valence-electron chi connectivity index (χ1n) is 11.7. The molecule has 10 heteroatoms. The van der Waals surface area contributed by atoms with E-state index in [0.717, 1.165) is 11.1 Å². The predicted octanol–water partition coefficient (Wildman–Crippen LogP) is 1.90. The molecule has 3 aromatic carbocycles. The third-order valence-corrected chi connectivity index (χ3v) is 5.38. The molecule has 2 atom stereocenters. The second-order valence-electron chi connectivity index (χ2n) is 8.47. The average Bonchev–Trinajstić information content (AvgIpc) is 2.91. The number of anilines is 1. The number of hydrogen-bond donors (Lipinski definition) is 6. The summed E-state index contributed by atoms with van der Waals surface area (Å²) in [5.74, 6) is 4.14. The van der Waals surface area contributed by atoms with Crippen LogP contribution >= 0.6 is 0 Å². The van der Waals surface area contributed by atoms with Crippen molar-refractivity contribution in [2.75, 3.05) is 11.9 Å². The minimum absolute atomic E-state index is 0.0760. The highest BCUT2D eigenvalue weighted by Gasteiger charge is 2.24. The van der Waals surface area contributed by atoms with Gasteiger partial charge in [0.2, 0.25) is 5.91 Å². The van der Waals surface area contributed by atoms with E-state index in [1.807, 2.05) is 0 Å². The first-order valence-corrected chi connectivity index (χ1v) is 11.7. The van der Waals surface area contributed by atoms with Gasteiger partial charge < -0.3 is 21.7 Å². The van der Waals surface area contributed by atoms with Crippen molar-refractivity contribution in [1.29, 1.82) is 0 Å². The number of amides is 3. The Hall–Kier alpha value is -4.56. The molecule has 0 aliphatic carbocycles. The number of rotatable bonds is 9. The van der Waals surface area contributed by atoms with Gasteiger partial charge >= 0.3 is 0 Å². The van der Waals surface area contributed by atoms with Crippen molar-refractivity contribution in [3.63, 3.8) is 0 Å². The van der Waals surface area contributed by atoms with Crippen LogP contribution in [0.25, 0.3) is 0 Å². The maximum atomic E-state index is 13.2. The second kappa shape index (κ2) is 13.7. The standard InChI is InChI=1S/C28H28FN5O4/c1-18(30)26(28(37)34-38)33-27(36)22-11-7-19(8-12-22)5-6-20-9-13-24(14-10-20)32-25(35)17-31-16-21-3-2-4-23(29)15-21/h2-4,7-15,18,26,31,38H,16-17,30H2,1H3,(H,32,35)(H,33,36)(H,34,37). The van der Waals surface area contributed by atoms with Crippen molar-refractivity contribution >= 4 is 23.4 Å². The fourth-order valence-corrected chi connectivity index (χ4v) is 3.39. The van der Waals surface area contributed by atoms with E-state index in [0.29, 0.717) is 23.4 Å². The molecule has 0 aliphatic rings. The summed E-state index contributed by atoms with van der Waals surface area (Å²) in [6, 6.07) is 17.8. The van der Waals surface area contributed by atoms with E-state index in [-0.39, 0.29) is 18.3 Å². The third-order valence-electron chi connectivity index (χ3n) is 5.38. The molecule has 196 valence electrons. The Balaban J connectivity index is 1.50. The summed E-state index contributed by atoms with van der Waals surface area (Å²) in [6.07, 6.45) is 0. The van der Waals surface area contributed by atoms with Crippen molar-refractivity contribution in [1.82, 2.24) is 16.1 Å². The molecule has 9 nitrogen and oxygen atoms in total. The highest BCUT2D eigenvalue weighted by molar-refractivity contribution is 5.97. The van der Waals surface area contributed by atoms with E-state index in [4.69, 9.17) is 10.9 Å². The maximum Gasteiger partial charge on any atom is 0.267 e. The number of hydroxylamine groups is 1. The zero-order chi connectivity index (χ0) is 27.5. The Bertz CT molecular complexity index is 1330. The van der Waals surface area contributed by atoms with E-state index >= 15 is 0 Å². The van der Waals surface area contributed by atoms with Crippen molar-refractivity contribution in [2.45, 2.75) is 25.6 Å². The normalized spacial score (nSPS) is 11.9. The Labute approximate surface area is 219 Å². The van der Waals surface area contributed by atoms with Crippen LogP contribution in [0.4, 0.5) is 10.1 Å². The Morgan fingerprint density at radius 1 is 0.974 bits per heavy atom. The summed E-state index contributed by atoms with van der Waals surface area (Å²) in [6.45, 7) is 1.99. The summed E-state index contributed by atoms with van der Waals surface area (Å²) in [5, 5.41) is 17.0. The maximum absolute atomic E-state index is 13.2. The van der Waals surface area contributed by atoms with E-state index in [1.165, 1.54) is 24.5 Å². The number of nitrogens with one attached hydrogen (secondary N) is 4. The van der Waals surface area contributed by atoms with Crippen molar-refractivity contribution in [3.8, 4) is 11.8 Å². The Kier molecular flexibility index (Phi) is 10.1. The molecule has 0 fully saturated rings. The molecule has 0 bridgehead atoms. The van der Waals surface area contributed by atoms with Crippen LogP contribution < -0.4 is 27.2 Å². The van der Waals surface area contributed by atoms with Gasteiger partial charge in [-0.15, -0.1) is 0 Å². The van der Waals surface area contributed by atoms with Gasteiger partial charge in [0.25, 0.3) is 11.8 Å². The summed E-state index contributed by atoms with van der Waals surface area (Å²) in [5.41, 5.74) is 10.2. The summed E-state index contributed by atoms with van der Waals surface area (Å²) >= 11 is 0. The number of hydrogen-bond acceptors (Lipinski definition) is 6. The summed E-state index contributed by atoms with van der Waals surface area (Å²) in [7, 11) is 0. The van der Waals surface area contributed by atoms with Gasteiger partial charge in [-0.1, -0.05) is 24.0 Å². The van der Waals surface area contributed by atoms with Crippen LogP contribution in [-0.2, 0) is 16.1 Å². The second-order valence-corrected chi connectivity index (χ2v) is 8.47. The van der Waals surface area contributed by atoms with Gasteiger partial charge in [0.1, 0.15) is 11.9 Å². The number of carbonyl (C=O) groups is 3. The zero-order valence-electron chi connectivity index (χ0n) is 20.6. The average molecular weight is 518 g/mol. The molecule has 3 aromatic rings. The molecular weight excluding hydrogens is 489 g/mol. The number of benzene rings is 3. The zero-order valence-corrected chi connectivity index (χ0v) is 20.6. The quantitative estimate of drug-likeness (QED) is 0.145. The molecule has 38 heavy (non-hydrogen) atoms. The lowest BCUT2D eigenvalue weighted by Gasteiger charge is -2.20. The van der Waals surface area contributed by atoms with Gasteiger partial charge in [-0.2, -0.15) is 0 Å². The van der Waals surface area contributed by atoms with Crippen molar-refractivity contribution in [3.05, 3.63) is 101 Å². The Morgan fingerprint density at radius 2 is 1.61 bits per heavy atom. The highest BCUT2D eigenvalue weighted by atomic mass is 19.1. The topological polar surface area (TPSA) is 146 Å². The van der Waals surface area contributed by atoms with Gasteiger partial charge in [-0.25, -0.2) is 9.87 Å². The fourth-order valence-electron chi connectivity index (χ4n) is 3.39. The molecule has 0 aromatic heterocycles. The first kappa shape index (κ1) is 28.0. The van der Waals surface area contributed by atoms with Crippen molar-refractivity contribution in [2.24, 2.45) is 5.73 Å². The highest BCUT2D eigenvalue weighted by Crippen LogP contribution is 2.10. The Morgan fingerprint density at radius 3 is 2.18 bits per heavy atom. The molecule has 0 aliphatic heterocycles. The molecule has 2 unspecified atom stereocenters. The third kappa shape index (κ3) is 8.53. The van der Waals surface area contributed by atoms with E-state index in [1.54, 1.807) is 60.7 Å². The number of nitrogens with two attached hydrogens (primary N) is 1. The van der Waals surface area contributed by atoms with Crippen molar-refractivity contribution < 1.29 is 24.0 Å². The molecule has 0 saturated heterocycles. The lowest BCUT2D eigenvalue weighted by Crippen LogP contribution is -2.54. The minimum atomic E-state index is -1.09. The van der Waals surface area contributed by atoms with Gasteiger partial charge in [-0.05, 0) is 73.2 Å². The fraction of sp³-hybridized carbons (Fsp3) is 0.179. The molecule has 0 heterocycles. The number of carbonyl (C=O) groups excluding carboxylic acids is 3. The van der Waals surface area contributed by atoms with E-state index in [9.17, 15) is 18.8 Å². The lowest BCUT2D eigenvalue weighted by molar-refractivity contribution is -0.131. The van der Waals surface area contributed by atoms with Gasteiger partial charge in [-0.3, -0.25) is 19.6 Å².